The Labute approximate surface area is 92.4 Å². The molecule has 1 aromatic rings. The Bertz CT molecular complexity index is 300. The van der Waals surface area contributed by atoms with Crippen molar-refractivity contribution in [3.63, 3.8) is 0 Å². The lowest BCUT2D eigenvalue weighted by molar-refractivity contribution is 0.602. The zero-order valence-electron chi connectivity index (χ0n) is 9.83. The van der Waals surface area contributed by atoms with Crippen molar-refractivity contribution in [1.82, 2.24) is 10.3 Å². The normalized spacial score (nSPS) is 12.2. The molecule has 1 rings (SSSR count). The molecule has 0 aliphatic rings. The third-order valence-corrected chi connectivity index (χ3v) is 2.16. The molecule has 0 radical (unpaired) electrons. The van der Waals surface area contributed by atoms with Crippen LogP contribution in [0.25, 0.3) is 0 Å². The molecule has 1 aromatic heterocycles. The van der Waals surface area contributed by atoms with Crippen molar-refractivity contribution in [2.45, 2.75) is 33.2 Å². The Morgan fingerprint density at radius 1 is 1.47 bits per heavy atom. The summed E-state index contributed by atoms with van der Waals surface area (Å²) in [7, 11) is 0. The first kappa shape index (κ1) is 11.9. The number of hydrogen-bond donors (Lipinski definition) is 1. The van der Waals surface area contributed by atoms with Crippen LogP contribution >= 0.6 is 0 Å². The lowest BCUT2D eigenvalue weighted by Gasteiger charge is -2.13. The molecular weight excluding hydrogens is 184 g/mol. The maximum atomic E-state index is 4.34. The van der Waals surface area contributed by atoms with Crippen molar-refractivity contribution in [2.24, 2.45) is 0 Å². The minimum atomic E-state index is 0.398. The van der Waals surface area contributed by atoms with Gasteiger partial charge in [0.25, 0.3) is 0 Å². The van der Waals surface area contributed by atoms with Gasteiger partial charge < -0.3 is 5.32 Å². The highest BCUT2D eigenvalue weighted by atomic mass is 14.9. The highest BCUT2D eigenvalue weighted by Crippen LogP contribution is 2.03. The molecule has 1 N–H and O–H groups in total. The summed E-state index contributed by atoms with van der Waals surface area (Å²) in [5, 5.41) is 3.45. The Hall–Kier alpha value is -1.15. The molecule has 0 spiro atoms. The topological polar surface area (TPSA) is 24.9 Å². The molecule has 0 amide bonds. The first-order chi connectivity index (χ1) is 7.22. The van der Waals surface area contributed by atoms with E-state index in [4.69, 9.17) is 0 Å². The lowest BCUT2D eigenvalue weighted by atomic mass is 10.1. The summed E-state index contributed by atoms with van der Waals surface area (Å²) >= 11 is 0. The number of pyridine rings is 1. The standard InChI is InChI=1S/C13H20N2/c1-4-14-13(9-11(2)3)10-12-7-5-6-8-15-12/h5-9,13-14H,4,10H2,1-3H3. The highest BCUT2D eigenvalue weighted by molar-refractivity contribution is 5.10. The summed E-state index contributed by atoms with van der Waals surface area (Å²) in [6.45, 7) is 7.37. The monoisotopic (exact) mass is 204 g/mol. The summed E-state index contributed by atoms with van der Waals surface area (Å²) in [4.78, 5) is 4.34. The fourth-order valence-corrected chi connectivity index (χ4v) is 1.60. The van der Waals surface area contributed by atoms with Gasteiger partial charge in [-0.1, -0.05) is 24.6 Å². The predicted octanol–water partition coefficient (Wildman–Crippen LogP) is 2.57. The van der Waals surface area contributed by atoms with E-state index in [0.29, 0.717) is 6.04 Å². The molecule has 1 unspecified atom stereocenters. The van der Waals surface area contributed by atoms with Gasteiger partial charge in [0.05, 0.1) is 0 Å². The molecule has 0 fully saturated rings. The fourth-order valence-electron chi connectivity index (χ4n) is 1.60. The summed E-state index contributed by atoms with van der Waals surface area (Å²) in [6, 6.07) is 6.46. The molecule has 1 heterocycles. The van der Waals surface area contributed by atoms with Crippen LogP contribution in [0.15, 0.2) is 36.0 Å². The summed E-state index contributed by atoms with van der Waals surface area (Å²) < 4.78 is 0. The zero-order chi connectivity index (χ0) is 11.1. The highest BCUT2D eigenvalue weighted by Gasteiger charge is 2.05. The van der Waals surface area contributed by atoms with Crippen molar-refractivity contribution in [3.05, 3.63) is 41.7 Å². The molecule has 0 aromatic carbocycles. The van der Waals surface area contributed by atoms with Crippen LogP contribution in [0.4, 0.5) is 0 Å². The van der Waals surface area contributed by atoms with Gasteiger partial charge in [0, 0.05) is 24.4 Å². The van der Waals surface area contributed by atoms with Crippen LogP contribution in [0.5, 0.6) is 0 Å². The van der Waals surface area contributed by atoms with Gasteiger partial charge in [-0.3, -0.25) is 4.98 Å². The molecular formula is C13H20N2. The van der Waals surface area contributed by atoms with E-state index in [1.54, 1.807) is 0 Å². The number of rotatable bonds is 5. The lowest BCUT2D eigenvalue weighted by Crippen LogP contribution is -2.29. The fraction of sp³-hybridized carbons (Fsp3) is 0.462. The van der Waals surface area contributed by atoms with E-state index >= 15 is 0 Å². The van der Waals surface area contributed by atoms with E-state index in [0.717, 1.165) is 18.7 Å². The van der Waals surface area contributed by atoms with Gasteiger partial charge in [-0.05, 0) is 32.5 Å². The zero-order valence-corrected chi connectivity index (χ0v) is 9.83. The molecule has 0 saturated heterocycles. The SMILES string of the molecule is CCNC(C=C(C)C)Cc1ccccn1. The molecule has 0 saturated carbocycles. The predicted molar refractivity (Wildman–Crippen MR) is 64.8 cm³/mol. The van der Waals surface area contributed by atoms with E-state index < -0.39 is 0 Å². The third kappa shape index (κ3) is 4.75. The number of likely N-dealkylation sites (N-methyl/N-ethyl adjacent to an activating group) is 1. The van der Waals surface area contributed by atoms with Crippen LogP contribution in [-0.2, 0) is 6.42 Å². The largest absolute Gasteiger partial charge is 0.310 e. The Morgan fingerprint density at radius 3 is 2.80 bits per heavy atom. The van der Waals surface area contributed by atoms with E-state index in [1.165, 1.54) is 5.57 Å². The van der Waals surface area contributed by atoms with Gasteiger partial charge in [0.2, 0.25) is 0 Å². The van der Waals surface area contributed by atoms with Crippen molar-refractivity contribution < 1.29 is 0 Å². The number of allylic oxidation sites excluding steroid dienone is 1. The number of nitrogens with one attached hydrogen (secondary N) is 1. The molecule has 15 heavy (non-hydrogen) atoms. The van der Waals surface area contributed by atoms with Gasteiger partial charge in [-0.2, -0.15) is 0 Å². The van der Waals surface area contributed by atoms with Gasteiger partial charge in [-0.15, -0.1) is 0 Å². The van der Waals surface area contributed by atoms with Crippen LogP contribution < -0.4 is 5.32 Å². The van der Waals surface area contributed by atoms with Gasteiger partial charge in [-0.25, -0.2) is 0 Å². The maximum Gasteiger partial charge on any atom is 0.0422 e. The second kappa shape index (κ2) is 6.36. The minimum absolute atomic E-state index is 0.398. The smallest absolute Gasteiger partial charge is 0.0422 e. The molecule has 0 aliphatic heterocycles. The third-order valence-electron chi connectivity index (χ3n) is 2.16. The number of aromatic nitrogens is 1. The van der Waals surface area contributed by atoms with Crippen molar-refractivity contribution >= 4 is 0 Å². The van der Waals surface area contributed by atoms with Crippen LogP contribution in [-0.4, -0.2) is 17.6 Å². The second-order valence-electron chi connectivity index (χ2n) is 3.93. The number of nitrogens with zero attached hydrogens (tertiary/aromatic N) is 1. The van der Waals surface area contributed by atoms with Crippen LogP contribution in [0, 0.1) is 0 Å². The molecule has 0 bridgehead atoms. The molecule has 2 heteroatoms. The Balaban J connectivity index is 2.63. The molecule has 1 atom stereocenters. The van der Waals surface area contributed by atoms with Crippen molar-refractivity contribution in [2.75, 3.05) is 6.54 Å². The number of hydrogen-bond acceptors (Lipinski definition) is 2. The van der Waals surface area contributed by atoms with E-state index in [2.05, 4.69) is 43.2 Å². The van der Waals surface area contributed by atoms with Gasteiger partial charge in [0.15, 0.2) is 0 Å². The summed E-state index contributed by atoms with van der Waals surface area (Å²) in [5.41, 5.74) is 2.48. The first-order valence-electron chi connectivity index (χ1n) is 5.50. The Morgan fingerprint density at radius 2 is 2.27 bits per heavy atom. The summed E-state index contributed by atoms with van der Waals surface area (Å²) in [5.74, 6) is 0. The van der Waals surface area contributed by atoms with Crippen LogP contribution in [0.1, 0.15) is 26.5 Å². The van der Waals surface area contributed by atoms with Crippen molar-refractivity contribution in [1.29, 1.82) is 0 Å². The van der Waals surface area contributed by atoms with E-state index in [9.17, 15) is 0 Å². The molecule has 0 aliphatic carbocycles. The Kier molecular flexibility index (Phi) is 5.05. The van der Waals surface area contributed by atoms with Crippen LogP contribution in [0.2, 0.25) is 0 Å². The average molecular weight is 204 g/mol. The first-order valence-corrected chi connectivity index (χ1v) is 5.50. The van der Waals surface area contributed by atoms with Gasteiger partial charge in [0.1, 0.15) is 0 Å². The molecule has 2 nitrogen and oxygen atoms in total. The van der Waals surface area contributed by atoms with Crippen molar-refractivity contribution in [3.8, 4) is 0 Å². The maximum absolute atomic E-state index is 4.34. The van der Waals surface area contributed by atoms with E-state index in [1.807, 2.05) is 18.3 Å². The minimum Gasteiger partial charge on any atom is -0.310 e. The van der Waals surface area contributed by atoms with Crippen LogP contribution in [0.3, 0.4) is 0 Å². The summed E-state index contributed by atoms with van der Waals surface area (Å²) in [6.07, 6.45) is 5.07. The molecule has 82 valence electrons. The second-order valence-corrected chi connectivity index (χ2v) is 3.93. The quantitative estimate of drug-likeness (QED) is 0.746. The van der Waals surface area contributed by atoms with E-state index in [-0.39, 0.29) is 0 Å². The van der Waals surface area contributed by atoms with Gasteiger partial charge >= 0.3 is 0 Å². The average Bonchev–Trinajstić information content (AvgIpc) is 2.18.